The Bertz CT molecular complexity index is 819. The molecule has 0 atom stereocenters. The maximum atomic E-state index is 12.2. The first-order valence-electron chi connectivity index (χ1n) is 13.4. The molecule has 0 saturated carbocycles. The van der Waals surface area contributed by atoms with Crippen molar-refractivity contribution < 1.29 is 47.5 Å². The van der Waals surface area contributed by atoms with E-state index < -0.39 is 0 Å². The van der Waals surface area contributed by atoms with E-state index in [1.165, 1.54) is 6.92 Å². The SMILES string of the molecule is C#CCOc1cccc(C(=O)NCCOCCOCCOCCOCCOCCOCCOCCNC(C)=O)c1. The summed E-state index contributed by atoms with van der Waals surface area (Å²) in [5, 5.41) is 5.44. The zero-order valence-electron chi connectivity index (χ0n) is 23.5. The van der Waals surface area contributed by atoms with E-state index in [1.54, 1.807) is 24.3 Å². The van der Waals surface area contributed by atoms with Gasteiger partial charge in [0.2, 0.25) is 5.91 Å². The number of rotatable bonds is 27. The Morgan fingerprint density at radius 2 is 1.10 bits per heavy atom. The second kappa shape index (κ2) is 26.5. The number of hydrogen-bond donors (Lipinski definition) is 2. The zero-order chi connectivity index (χ0) is 28.9. The zero-order valence-corrected chi connectivity index (χ0v) is 23.5. The maximum Gasteiger partial charge on any atom is 0.251 e. The van der Waals surface area contributed by atoms with E-state index in [4.69, 9.17) is 44.3 Å². The smallest absolute Gasteiger partial charge is 0.251 e. The summed E-state index contributed by atoms with van der Waals surface area (Å²) >= 11 is 0. The van der Waals surface area contributed by atoms with Gasteiger partial charge in [-0.1, -0.05) is 12.0 Å². The number of amides is 2. The van der Waals surface area contributed by atoms with Gasteiger partial charge in [-0.25, -0.2) is 0 Å². The molecule has 0 bridgehead atoms. The largest absolute Gasteiger partial charge is 0.481 e. The molecule has 0 aliphatic heterocycles. The molecule has 0 aliphatic carbocycles. The van der Waals surface area contributed by atoms with E-state index in [9.17, 15) is 9.59 Å². The Labute approximate surface area is 237 Å². The maximum absolute atomic E-state index is 12.2. The molecule has 2 N–H and O–H groups in total. The standard InChI is InChI=1S/C28H44N2O10/c1-3-9-40-27-6-4-5-26(24-27)28(32)30-8-11-34-13-15-36-17-19-38-21-23-39-22-20-37-18-16-35-14-12-33-10-7-29-25(2)31/h1,4-6,24H,7-23H2,2H3,(H,29,31)(H,30,32). The fraction of sp³-hybridized carbons (Fsp3) is 0.643. The lowest BCUT2D eigenvalue weighted by molar-refractivity contribution is -0.119. The van der Waals surface area contributed by atoms with Crippen LogP contribution in [0.1, 0.15) is 17.3 Å². The molecule has 0 aliphatic rings. The third-order valence-electron chi connectivity index (χ3n) is 4.80. The quantitative estimate of drug-likeness (QED) is 0.115. The highest BCUT2D eigenvalue weighted by molar-refractivity contribution is 5.94. The van der Waals surface area contributed by atoms with Crippen LogP contribution < -0.4 is 15.4 Å². The number of carbonyl (C=O) groups is 2. The lowest BCUT2D eigenvalue weighted by atomic mass is 10.2. The summed E-state index contributed by atoms with van der Waals surface area (Å²) in [6.45, 7) is 9.00. The highest BCUT2D eigenvalue weighted by Gasteiger charge is 2.06. The lowest BCUT2D eigenvalue weighted by Crippen LogP contribution is -2.27. The fourth-order valence-corrected chi connectivity index (χ4v) is 2.91. The van der Waals surface area contributed by atoms with Crippen LogP contribution in [0.3, 0.4) is 0 Å². The van der Waals surface area contributed by atoms with Crippen LogP contribution in [0, 0.1) is 12.3 Å². The topological polar surface area (TPSA) is 132 Å². The van der Waals surface area contributed by atoms with Crippen molar-refractivity contribution in [3.8, 4) is 18.1 Å². The van der Waals surface area contributed by atoms with Crippen molar-refractivity contribution >= 4 is 11.8 Å². The predicted molar refractivity (Wildman–Crippen MR) is 148 cm³/mol. The molecule has 1 aromatic rings. The number of ether oxygens (including phenoxy) is 8. The van der Waals surface area contributed by atoms with Gasteiger partial charge < -0.3 is 48.5 Å². The molecule has 0 saturated heterocycles. The molecular weight excluding hydrogens is 524 g/mol. The van der Waals surface area contributed by atoms with Gasteiger partial charge in [0.25, 0.3) is 5.91 Å². The Morgan fingerprint density at radius 1 is 0.675 bits per heavy atom. The first-order chi connectivity index (χ1) is 19.6. The van der Waals surface area contributed by atoms with E-state index in [0.717, 1.165) is 0 Å². The normalized spacial score (nSPS) is 10.7. The van der Waals surface area contributed by atoms with Crippen molar-refractivity contribution in [2.45, 2.75) is 6.92 Å². The van der Waals surface area contributed by atoms with Crippen LogP contribution in [0.2, 0.25) is 0 Å². The third-order valence-corrected chi connectivity index (χ3v) is 4.80. The number of benzene rings is 1. The molecule has 1 rings (SSSR count). The van der Waals surface area contributed by atoms with Crippen LogP contribution in [-0.2, 0) is 38.0 Å². The molecule has 0 heterocycles. The van der Waals surface area contributed by atoms with Crippen LogP contribution in [-0.4, -0.2) is 124 Å². The van der Waals surface area contributed by atoms with Gasteiger partial charge in [0, 0.05) is 25.6 Å². The van der Waals surface area contributed by atoms with Gasteiger partial charge >= 0.3 is 0 Å². The summed E-state index contributed by atoms with van der Waals surface area (Å²) in [7, 11) is 0. The average Bonchev–Trinajstić information content (AvgIpc) is 2.96. The summed E-state index contributed by atoms with van der Waals surface area (Å²) in [5.74, 6) is 2.66. The van der Waals surface area contributed by atoms with Crippen molar-refractivity contribution in [2.24, 2.45) is 0 Å². The summed E-state index contributed by atoms with van der Waals surface area (Å²) < 4.78 is 43.2. The van der Waals surface area contributed by atoms with Gasteiger partial charge in [0.1, 0.15) is 12.4 Å². The Hall–Kier alpha value is -2.76. The van der Waals surface area contributed by atoms with Crippen molar-refractivity contribution in [2.75, 3.05) is 112 Å². The molecule has 0 radical (unpaired) electrons. The van der Waals surface area contributed by atoms with Crippen molar-refractivity contribution in [1.29, 1.82) is 0 Å². The minimum atomic E-state index is -0.208. The van der Waals surface area contributed by atoms with Gasteiger partial charge in [0.15, 0.2) is 0 Å². The first-order valence-corrected chi connectivity index (χ1v) is 13.4. The second-order valence-electron chi connectivity index (χ2n) is 8.05. The van der Waals surface area contributed by atoms with E-state index in [2.05, 4.69) is 16.6 Å². The molecule has 40 heavy (non-hydrogen) atoms. The minimum Gasteiger partial charge on any atom is -0.481 e. The van der Waals surface area contributed by atoms with Gasteiger partial charge in [-0.3, -0.25) is 9.59 Å². The Balaban J connectivity index is 1.76. The van der Waals surface area contributed by atoms with Crippen LogP contribution in [0.4, 0.5) is 0 Å². The van der Waals surface area contributed by atoms with Crippen molar-refractivity contribution in [3.63, 3.8) is 0 Å². The molecule has 0 unspecified atom stereocenters. The van der Waals surface area contributed by atoms with Crippen LogP contribution >= 0.6 is 0 Å². The van der Waals surface area contributed by atoms with E-state index in [0.29, 0.717) is 117 Å². The number of nitrogens with one attached hydrogen (secondary N) is 2. The van der Waals surface area contributed by atoms with Crippen LogP contribution in [0.15, 0.2) is 24.3 Å². The molecule has 226 valence electrons. The summed E-state index contributed by atoms with van der Waals surface area (Å²) in [6.07, 6.45) is 5.17. The van der Waals surface area contributed by atoms with E-state index in [1.807, 2.05) is 0 Å². The Kier molecular flexibility index (Phi) is 23.3. The molecule has 0 aromatic heterocycles. The average molecular weight is 569 g/mol. The lowest BCUT2D eigenvalue weighted by Gasteiger charge is -2.09. The first kappa shape index (κ1) is 35.3. The summed E-state index contributed by atoms with van der Waals surface area (Å²) in [4.78, 5) is 22.9. The number of terminal acetylenes is 1. The van der Waals surface area contributed by atoms with Crippen molar-refractivity contribution in [3.05, 3.63) is 29.8 Å². The molecule has 12 nitrogen and oxygen atoms in total. The predicted octanol–water partition coefficient (Wildman–Crippen LogP) is 0.681. The molecular formula is C28H44N2O10. The fourth-order valence-electron chi connectivity index (χ4n) is 2.91. The summed E-state index contributed by atoms with van der Waals surface area (Å²) in [5.41, 5.74) is 0.494. The van der Waals surface area contributed by atoms with Gasteiger partial charge in [0.05, 0.1) is 92.5 Å². The molecule has 2 amide bonds. The monoisotopic (exact) mass is 568 g/mol. The minimum absolute atomic E-state index is 0.0668. The molecule has 0 fully saturated rings. The summed E-state index contributed by atoms with van der Waals surface area (Å²) in [6, 6.07) is 6.83. The van der Waals surface area contributed by atoms with Crippen LogP contribution in [0.25, 0.3) is 0 Å². The highest BCUT2D eigenvalue weighted by Crippen LogP contribution is 2.13. The van der Waals surface area contributed by atoms with Gasteiger partial charge in [-0.05, 0) is 18.2 Å². The van der Waals surface area contributed by atoms with Gasteiger partial charge in [-0.2, -0.15) is 0 Å². The molecule has 1 aromatic carbocycles. The highest BCUT2D eigenvalue weighted by atomic mass is 16.6. The Morgan fingerprint density at radius 3 is 1.52 bits per heavy atom. The van der Waals surface area contributed by atoms with E-state index >= 15 is 0 Å². The van der Waals surface area contributed by atoms with Crippen LogP contribution in [0.5, 0.6) is 5.75 Å². The molecule has 0 spiro atoms. The third kappa shape index (κ3) is 22.1. The molecule has 12 heteroatoms. The number of carbonyl (C=O) groups excluding carboxylic acids is 2. The number of hydrogen-bond acceptors (Lipinski definition) is 10. The van der Waals surface area contributed by atoms with E-state index in [-0.39, 0.29) is 18.4 Å². The van der Waals surface area contributed by atoms with Gasteiger partial charge in [-0.15, -0.1) is 6.42 Å². The van der Waals surface area contributed by atoms with Crippen molar-refractivity contribution in [1.82, 2.24) is 10.6 Å². The second-order valence-corrected chi connectivity index (χ2v) is 8.05.